The number of imidazole rings is 1. The van der Waals surface area contributed by atoms with Crippen LogP contribution in [-0.2, 0) is 11.3 Å². The van der Waals surface area contributed by atoms with Gasteiger partial charge in [0.15, 0.2) is 0 Å². The average Bonchev–Trinajstić information content (AvgIpc) is 3.22. The molecule has 5 aromatic rings. The number of benzene rings is 3. The summed E-state index contributed by atoms with van der Waals surface area (Å²) in [6, 6.07) is 21.3. The summed E-state index contributed by atoms with van der Waals surface area (Å²) in [6.45, 7) is -0.0780. The fraction of sp³-hybridized carbons (Fsp3) is 0.148. The molecule has 0 aliphatic rings. The van der Waals surface area contributed by atoms with Gasteiger partial charge in [-0.15, -0.1) is 0 Å². The summed E-state index contributed by atoms with van der Waals surface area (Å²) in [4.78, 5) is 31.2. The second-order valence-electron chi connectivity index (χ2n) is 8.04. The van der Waals surface area contributed by atoms with E-state index in [1.807, 2.05) is 48.5 Å². The lowest BCUT2D eigenvalue weighted by molar-refractivity contribution is -0.116. The highest BCUT2D eigenvalue weighted by atomic mass is 16.5. The smallest absolute Gasteiger partial charge is 0.260 e. The van der Waals surface area contributed by atoms with Crippen molar-refractivity contribution in [2.24, 2.45) is 0 Å². The molecule has 0 saturated heterocycles. The van der Waals surface area contributed by atoms with Crippen molar-refractivity contribution in [2.75, 3.05) is 26.6 Å². The highest BCUT2D eigenvalue weighted by Gasteiger charge is 2.18. The van der Waals surface area contributed by atoms with Crippen molar-refractivity contribution in [3.05, 3.63) is 83.2 Å². The van der Waals surface area contributed by atoms with Gasteiger partial charge >= 0.3 is 0 Å². The van der Waals surface area contributed by atoms with Gasteiger partial charge in [-0.2, -0.15) is 0 Å². The van der Waals surface area contributed by atoms with Gasteiger partial charge in [0.2, 0.25) is 11.7 Å². The van der Waals surface area contributed by atoms with Gasteiger partial charge in [-0.05, 0) is 36.4 Å². The van der Waals surface area contributed by atoms with Crippen LogP contribution in [0.25, 0.3) is 28.1 Å². The Morgan fingerprint density at radius 2 is 1.61 bits per heavy atom. The molecule has 2 aromatic heterocycles. The Balaban J connectivity index is 1.61. The van der Waals surface area contributed by atoms with E-state index >= 15 is 0 Å². The third kappa shape index (κ3) is 4.11. The van der Waals surface area contributed by atoms with Crippen LogP contribution in [-0.4, -0.2) is 41.2 Å². The van der Waals surface area contributed by atoms with E-state index in [1.54, 1.807) is 37.0 Å². The predicted molar refractivity (Wildman–Crippen MR) is 137 cm³/mol. The van der Waals surface area contributed by atoms with Gasteiger partial charge in [0.05, 0.1) is 43.7 Å². The monoisotopic (exact) mass is 484 g/mol. The summed E-state index contributed by atoms with van der Waals surface area (Å²) in [5, 5.41) is 2.88. The first kappa shape index (κ1) is 23.0. The number of methoxy groups -OCH3 is 3. The summed E-state index contributed by atoms with van der Waals surface area (Å²) in [7, 11) is 4.66. The van der Waals surface area contributed by atoms with Crippen molar-refractivity contribution in [3.8, 4) is 28.5 Å². The molecule has 1 N–H and O–H groups in total. The number of hydrogen-bond donors (Lipinski definition) is 1. The zero-order valence-electron chi connectivity index (χ0n) is 20.0. The van der Waals surface area contributed by atoms with Gasteiger partial charge in [-0.1, -0.05) is 24.3 Å². The third-order valence-corrected chi connectivity index (χ3v) is 5.90. The molecule has 0 atom stereocenters. The number of carbonyl (C=O) groups is 1. The summed E-state index contributed by atoms with van der Waals surface area (Å²) >= 11 is 0. The lowest BCUT2D eigenvalue weighted by Crippen LogP contribution is -2.21. The van der Waals surface area contributed by atoms with Crippen LogP contribution in [0.2, 0.25) is 0 Å². The largest absolute Gasteiger partial charge is 0.497 e. The molecule has 0 spiro atoms. The number of ether oxygens (including phenoxy) is 3. The molecular formula is C27H24N4O5. The van der Waals surface area contributed by atoms with Crippen LogP contribution >= 0.6 is 0 Å². The Morgan fingerprint density at radius 1 is 0.861 bits per heavy atom. The fourth-order valence-corrected chi connectivity index (χ4v) is 4.20. The Morgan fingerprint density at radius 3 is 2.36 bits per heavy atom. The summed E-state index contributed by atoms with van der Waals surface area (Å²) in [5.74, 6) is 1.78. The van der Waals surface area contributed by atoms with Crippen LogP contribution in [0, 0.1) is 0 Å². The van der Waals surface area contributed by atoms with Crippen molar-refractivity contribution in [3.63, 3.8) is 0 Å². The van der Waals surface area contributed by atoms with Gasteiger partial charge in [0, 0.05) is 17.7 Å². The van der Waals surface area contributed by atoms with Crippen molar-refractivity contribution in [1.29, 1.82) is 0 Å². The number of para-hydroxylation sites is 2. The molecule has 0 aliphatic heterocycles. The normalized spacial score (nSPS) is 11.0. The molecule has 2 heterocycles. The molecule has 0 saturated carbocycles. The van der Waals surface area contributed by atoms with Crippen LogP contribution in [0.5, 0.6) is 17.2 Å². The number of nitrogens with one attached hydrogen (secondary N) is 1. The molecule has 0 fully saturated rings. The first-order chi connectivity index (χ1) is 17.5. The molecule has 0 bridgehead atoms. The molecule has 5 rings (SSSR count). The van der Waals surface area contributed by atoms with E-state index in [1.165, 1.54) is 17.6 Å². The van der Waals surface area contributed by atoms with E-state index in [2.05, 4.69) is 5.32 Å². The lowest BCUT2D eigenvalue weighted by Gasteiger charge is -2.12. The minimum absolute atomic E-state index is 0.0780. The van der Waals surface area contributed by atoms with E-state index in [4.69, 9.17) is 19.2 Å². The SMILES string of the molecule is COc1cccc(-c2cc(=O)n3c4ccccc4n(CC(=O)Nc4cc(OC)ccc4OC)c3n2)c1. The van der Waals surface area contributed by atoms with E-state index in [0.717, 1.165) is 5.56 Å². The summed E-state index contributed by atoms with van der Waals surface area (Å²) in [5.41, 5.74) is 2.81. The number of nitrogens with zero attached hydrogens (tertiary/aromatic N) is 3. The summed E-state index contributed by atoms with van der Waals surface area (Å²) < 4.78 is 19.2. The van der Waals surface area contributed by atoms with Crippen LogP contribution in [0.4, 0.5) is 5.69 Å². The number of aromatic nitrogens is 3. The van der Waals surface area contributed by atoms with Crippen molar-refractivity contribution in [2.45, 2.75) is 6.54 Å². The standard InChI is InChI=1S/C27H24N4O5/c1-34-18-8-6-7-17(13-18)20-15-26(33)31-23-10-5-4-9-22(23)30(27(31)29-20)16-25(32)28-21-14-19(35-2)11-12-24(21)36-3/h4-15H,16H2,1-3H3,(H,28,32). The Labute approximate surface area is 206 Å². The number of anilines is 1. The fourth-order valence-electron chi connectivity index (χ4n) is 4.20. The molecule has 9 nitrogen and oxygen atoms in total. The highest BCUT2D eigenvalue weighted by molar-refractivity contribution is 5.94. The van der Waals surface area contributed by atoms with Crippen molar-refractivity contribution >= 4 is 28.4 Å². The maximum atomic E-state index is 13.2. The first-order valence-corrected chi connectivity index (χ1v) is 11.2. The van der Waals surface area contributed by atoms with Gasteiger partial charge in [0.1, 0.15) is 23.8 Å². The number of carbonyl (C=O) groups excluding carboxylic acids is 1. The Bertz CT molecular complexity index is 1650. The maximum Gasteiger partial charge on any atom is 0.260 e. The molecule has 182 valence electrons. The molecular weight excluding hydrogens is 460 g/mol. The summed E-state index contributed by atoms with van der Waals surface area (Å²) in [6.07, 6.45) is 0. The molecule has 1 amide bonds. The zero-order chi connectivity index (χ0) is 25.2. The zero-order valence-corrected chi connectivity index (χ0v) is 20.0. The van der Waals surface area contributed by atoms with E-state index < -0.39 is 0 Å². The van der Waals surface area contributed by atoms with Gasteiger partial charge in [-0.3, -0.25) is 9.59 Å². The van der Waals surface area contributed by atoms with Crippen molar-refractivity contribution in [1.82, 2.24) is 14.0 Å². The molecule has 0 radical (unpaired) electrons. The quantitative estimate of drug-likeness (QED) is 0.375. The second kappa shape index (κ2) is 9.46. The van der Waals surface area contributed by atoms with Crippen LogP contribution in [0.1, 0.15) is 0 Å². The number of rotatable bonds is 7. The topological polar surface area (TPSA) is 96.1 Å². The molecule has 9 heteroatoms. The van der Waals surface area contributed by atoms with Crippen LogP contribution in [0.3, 0.4) is 0 Å². The van der Waals surface area contributed by atoms with Gasteiger partial charge in [0.25, 0.3) is 5.56 Å². The number of fused-ring (bicyclic) bond motifs is 3. The van der Waals surface area contributed by atoms with Crippen molar-refractivity contribution < 1.29 is 19.0 Å². The number of amides is 1. The lowest BCUT2D eigenvalue weighted by atomic mass is 10.1. The molecule has 0 unspecified atom stereocenters. The van der Waals surface area contributed by atoms with E-state index in [0.29, 0.717) is 45.4 Å². The molecule has 3 aromatic carbocycles. The average molecular weight is 485 g/mol. The maximum absolute atomic E-state index is 13.2. The third-order valence-electron chi connectivity index (χ3n) is 5.90. The highest BCUT2D eigenvalue weighted by Crippen LogP contribution is 2.29. The molecule has 0 aliphatic carbocycles. The van der Waals surface area contributed by atoms with Crippen LogP contribution in [0.15, 0.2) is 77.6 Å². The van der Waals surface area contributed by atoms with Gasteiger partial charge < -0.3 is 24.1 Å². The van der Waals surface area contributed by atoms with E-state index in [9.17, 15) is 9.59 Å². The predicted octanol–water partition coefficient (Wildman–Crippen LogP) is 3.98. The number of hydrogen-bond acceptors (Lipinski definition) is 6. The molecule has 36 heavy (non-hydrogen) atoms. The Hall–Kier alpha value is -4.79. The first-order valence-electron chi connectivity index (χ1n) is 11.2. The minimum Gasteiger partial charge on any atom is -0.497 e. The van der Waals surface area contributed by atoms with Gasteiger partial charge in [-0.25, -0.2) is 9.38 Å². The second-order valence-corrected chi connectivity index (χ2v) is 8.04. The Kier molecular flexibility index (Phi) is 6.03. The van der Waals surface area contributed by atoms with Crippen LogP contribution < -0.4 is 25.1 Å². The van der Waals surface area contributed by atoms with E-state index in [-0.39, 0.29) is 18.0 Å². The minimum atomic E-state index is -0.314.